The topological polar surface area (TPSA) is 67.6 Å². The van der Waals surface area contributed by atoms with Crippen molar-refractivity contribution in [2.24, 2.45) is 0 Å². The summed E-state index contributed by atoms with van der Waals surface area (Å²) in [6.07, 6.45) is 4.92. The van der Waals surface area contributed by atoms with E-state index in [1.54, 1.807) is 29.4 Å². The fraction of sp³-hybridized carbons (Fsp3) is 0.0556. The van der Waals surface area contributed by atoms with Gasteiger partial charge in [-0.1, -0.05) is 36.4 Å². The van der Waals surface area contributed by atoms with Crippen molar-refractivity contribution in [3.63, 3.8) is 0 Å². The number of hydrogen-bond acceptors (Lipinski definition) is 4. The Morgan fingerprint density at radius 3 is 2.65 bits per heavy atom. The molecule has 0 N–H and O–H groups in total. The smallest absolute Gasteiger partial charge is 0.140 e. The molecule has 1 atom stereocenters. The SMILES string of the molecule is N#Cc1ccc(C(c2occ3ccccc23)n2cncn2)cc1. The number of nitriles is 1. The second kappa shape index (κ2) is 5.43. The predicted octanol–water partition coefficient (Wildman–Crippen LogP) is 3.53. The number of aromatic nitrogens is 3. The average molecular weight is 300 g/mol. The Labute approximate surface area is 132 Å². The zero-order valence-electron chi connectivity index (χ0n) is 12.1. The van der Waals surface area contributed by atoms with Crippen LogP contribution in [0.25, 0.3) is 10.8 Å². The van der Waals surface area contributed by atoms with Gasteiger partial charge in [-0.3, -0.25) is 0 Å². The van der Waals surface area contributed by atoms with Crippen LogP contribution in [0, 0.1) is 11.3 Å². The summed E-state index contributed by atoms with van der Waals surface area (Å²) < 4.78 is 7.61. The Bertz CT molecular complexity index is 978. The molecule has 0 radical (unpaired) electrons. The summed E-state index contributed by atoms with van der Waals surface area (Å²) in [6.45, 7) is 0. The molecular formula is C18H12N4O. The number of nitrogens with zero attached hydrogens (tertiary/aromatic N) is 4. The highest BCUT2D eigenvalue weighted by atomic mass is 16.3. The molecule has 0 amide bonds. The highest BCUT2D eigenvalue weighted by Gasteiger charge is 2.23. The molecule has 0 fully saturated rings. The van der Waals surface area contributed by atoms with Gasteiger partial charge in [-0.15, -0.1) is 0 Å². The number of fused-ring (bicyclic) bond motifs is 1. The zero-order valence-corrected chi connectivity index (χ0v) is 12.1. The summed E-state index contributed by atoms with van der Waals surface area (Å²) in [5.41, 5.74) is 1.60. The molecule has 2 heterocycles. The molecule has 0 bridgehead atoms. The van der Waals surface area contributed by atoms with Gasteiger partial charge >= 0.3 is 0 Å². The molecule has 5 nitrogen and oxygen atoms in total. The molecule has 110 valence electrons. The van der Waals surface area contributed by atoms with Crippen molar-refractivity contribution >= 4 is 10.8 Å². The first-order chi connectivity index (χ1) is 11.4. The molecule has 0 saturated carbocycles. The van der Waals surface area contributed by atoms with Gasteiger partial charge in [0.1, 0.15) is 24.5 Å². The zero-order chi connectivity index (χ0) is 15.6. The molecule has 0 aliphatic rings. The van der Waals surface area contributed by atoms with Crippen LogP contribution in [0.1, 0.15) is 22.9 Å². The lowest BCUT2D eigenvalue weighted by Crippen LogP contribution is -2.12. The highest BCUT2D eigenvalue weighted by Crippen LogP contribution is 2.33. The van der Waals surface area contributed by atoms with E-state index in [1.165, 1.54) is 6.33 Å². The maximum Gasteiger partial charge on any atom is 0.140 e. The van der Waals surface area contributed by atoms with Gasteiger partial charge in [0.2, 0.25) is 0 Å². The van der Waals surface area contributed by atoms with E-state index in [2.05, 4.69) is 16.2 Å². The van der Waals surface area contributed by atoms with E-state index in [-0.39, 0.29) is 6.04 Å². The van der Waals surface area contributed by atoms with E-state index in [9.17, 15) is 0 Å². The van der Waals surface area contributed by atoms with Gasteiger partial charge in [-0.05, 0) is 17.7 Å². The van der Waals surface area contributed by atoms with E-state index < -0.39 is 0 Å². The lowest BCUT2D eigenvalue weighted by atomic mass is 10.0. The Hall–Kier alpha value is -3.39. The first-order valence-corrected chi connectivity index (χ1v) is 7.17. The number of benzene rings is 2. The van der Waals surface area contributed by atoms with Gasteiger partial charge in [-0.25, -0.2) is 9.67 Å². The van der Waals surface area contributed by atoms with Crippen LogP contribution < -0.4 is 0 Å². The third-order valence-corrected chi connectivity index (χ3v) is 3.84. The summed E-state index contributed by atoms with van der Waals surface area (Å²) >= 11 is 0. The molecule has 5 heteroatoms. The van der Waals surface area contributed by atoms with Crippen LogP contribution >= 0.6 is 0 Å². The number of rotatable bonds is 3. The van der Waals surface area contributed by atoms with Gasteiger partial charge in [0.15, 0.2) is 0 Å². The van der Waals surface area contributed by atoms with E-state index >= 15 is 0 Å². The van der Waals surface area contributed by atoms with Crippen LogP contribution in [0.3, 0.4) is 0 Å². The minimum Gasteiger partial charge on any atom is -0.465 e. The van der Waals surface area contributed by atoms with Crippen molar-refractivity contribution in [2.45, 2.75) is 6.04 Å². The van der Waals surface area contributed by atoms with Gasteiger partial charge in [-0.2, -0.15) is 10.4 Å². The lowest BCUT2D eigenvalue weighted by Gasteiger charge is -2.16. The summed E-state index contributed by atoms with van der Waals surface area (Å²) in [5, 5.41) is 15.3. The fourth-order valence-electron chi connectivity index (χ4n) is 2.74. The second-order valence-corrected chi connectivity index (χ2v) is 5.20. The highest BCUT2D eigenvalue weighted by molar-refractivity contribution is 5.84. The van der Waals surface area contributed by atoms with Crippen molar-refractivity contribution in [2.75, 3.05) is 0 Å². The maximum atomic E-state index is 8.98. The third kappa shape index (κ3) is 2.27. The summed E-state index contributed by atoms with van der Waals surface area (Å²) in [6, 6.07) is 17.3. The summed E-state index contributed by atoms with van der Waals surface area (Å²) in [4.78, 5) is 4.05. The first kappa shape index (κ1) is 13.3. The van der Waals surface area contributed by atoms with Crippen molar-refractivity contribution in [1.29, 1.82) is 5.26 Å². The summed E-state index contributed by atoms with van der Waals surface area (Å²) in [7, 11) is 0. The van der Waals surface area contributed by atoms with E-state index in [4.69, 9.17) is 9.68 Å². The largest absolute Gasteiger partial charge is 0.465 e. The van der Waals surface area contributed by atoms with Crippen LogP contribution in [0.2, 0.25) is 0 Å². The van der Waals surface area contributed by atoms with Gasteiger partial charge in [0.05, 0.1) is 17.9 Å². The molecule has 0 aliphatic heterocycles. The monoisotopic (exact) mass is 300 g/mol. The summed E-state index contributed by atoms with van der Waals surface area (Å²) in [5.74, 6) is 0.802. The van der Waals surface area contributed by atoms with Crippen molar-refractivity contribution in [3.8, 4) is 6.07 Å². The van der Waals surface area contributed by atoms with Crippen LogP contribution in [0.5, 0.6) is 0 Å². The van der Waals surface area contributed by atoms with Gasteiger partial charge < -0.3 is 4.42 Å². The minimum absolute atomic E-state index is 0.231. The third-order valence-electron chi connectivity index (χ3n) is 3.84. The molecule has 23 heavy (non-hydrogen) atoms. The standard InChI is InChI=1S/C18H12N4O/c19-9-13-5-7-14(8-6-13)17(22-12-20-11-21-22)18-16-4-2-1-3-15(16)10-23-18/h1-8,10-12,17H. The van der Waals surface area contributed by atoms with Crippen molar-refractivity contribution < 1.29 is 4.42 Å². The Balaban J connectivity index is 1.91. The van der Waals surface area contributed by atoms with Gasteiger partial charge in [0, 0.05) is 10.8 Å². The fourth-order valence-corrected chi connectivity index (χ4v) is 2.74. The molecule has 4 rings (SSSR count). The average Bonchev–Trinajstić information content (AvgIpc) is 3.27. The maximum absolute atomic E-state index is 8.98. The Morgan fingerprint density at radius 2 is 1.91 bits per heavy atom. The quantitative estimate of drug-likeness (QED) is 0.580. The normalized spacial score (nSPS) is 12.1. The molecular weight excluding hydrogens is 288 g/mol. The van der Waals surface area contributed by atoms with Crippen LogP contribution in [-0.2, 0) is 0 Å². The Kier molecular flexibility index (Phi) is 3.13. The van der Waals surface area contributed by atoms with E-state index in [1.807, 2.05) is 36.4 Å². The Morgan fingerprint density at radius 1 is 1.09 bits per heavy atom. The van der Waals surface area contributed by atoms with E-state index in [0.717, 1.165) is 22.1 Å². The molecule has 0 saturated heterocycles. The lowest BCUT2D eigenvalue weighted by molar-refractivity contribution is 0.445. The molecule has 0 aliphatic carbocycles. The molecule has 2 aromatic heterocycles. The van der Waals surface area contributed by atoms with Gasteiger partial charge in [0.25, 0.3) is 0 Å². The second-order valence-electron chi connectivity index (χ2n) is 5.20. The van der Waals surface area contributed by atoms with Crippen LogP contribution in [-0.4, -0.2) is 14.8 Å². The van der Waals surface area contributed by atoms with Crippen molar-refractivity contribution in [1.82, 2.24) is 14.8 Å². The van der Waals surface area contributed by atoms with Crippen LogP contribution in [0.4, 0.5) is 0 Å². The molecule has 1 unspecified atom stereocenters. The molecule has 4 aromatic rings. The molecule has 0 spiro atoms. The first-order valence-electron chi connectivity index (χ1n) is 7.17. The van der Waals surface area contributed by atoms with E-state index in [0.29, 0.717) is 5.56 Å². The molecule has 2 aromatic carbocycles. The number of hydrogen-bond donors (Lipinski definition) is 0. The predicted molar refractivity (Wildman–Crippen MR) is 84.6 cm³/mol. The van der Waals surface area contributed by atoms with Crippen molar-refractivity contribution in [3.05, 3.63) is 84.3 Å². The number of furan rings is 1. The van der Waals surface area contributed by atoms with Crippen LogP contribution in [0.15, 0.2) is 71.9 Å². The minimum atomic E-state index is -0.231.